The zero-order valence-corrected chi connectivity index (χ0v) is 14.1. The van der Waals surface area contributed by atoms with Crippen LogP contribution < -0.4 is 0 Å². The number of hydrogen-bond donors (Lipinski definition) is 1. The van der Waals surface area contributed by atoms with Crippen LogP contribution in [0.2, 0.25) is 0 Å². The summed E-state index contributed by atoms with van der Waals surface area (Å²) in [4.78, 5) is 14.1. The molecule has 0 aliphatic carbocycles. The Balaban J connectivity index is 2.22. The maximum absolute atomic E-state index is 12.3. The number of carbonyl (C=O) groups excluding carboxylic acids is 1. The molecule has 1 fully saturated rings. The second-order valence-corrected chi connectivity index (χ2v) is 6.83. The van der Waals surface area contributed by atoms with Crippen molar-refractivity contribution in [2.24, 2.45) is 0 Å². The van der Waals surface area contributed by atoms with Crippen molar-refractivity contribution in [3.63, 3.8) is 0 Å². The summed E-state index contributed by atoms with van der Waals surface area (Å²) < 4.78 is 5.74. The second-order valence-electron chi connectivity index (χ2n) is 6.83. The lowest BCUT2D eigenvalue weighted by Crippen LogP contribution is -2.55. The topological polar surface area (TPSA) is 49.8 Å². The lowest BCUT2D eigenvalue weighted by atomic mass is 10.0. The van der Waals surface area contributed by atoms with E-state index in [2.05, 4.69) is 6.92 Å². The first-order chi connectivity index (χ1) is 9.98. The minimum atomic E-state index is -0.360. The third-order valence-corrected chi connectivity index (χ3v) is 4.03. The van der Waals surface area contributed by atoms with Gasteiger partial charge in [0.2, 0.25) is 5.91 Å². The standard InChI is InChI=1S/C17H33NO3/c1-4-5-6-7-8-9-10-11-16(20)18-12-15(13-19)21-17(2,3)14-18/h15,19H,4-14H2,1-3H3. The van der Waals surface area contributed by atoms with Crippen LogP contribution >= 0.6 is 0 Å². The zero-order chi connectivity index (χ0) is 15.7. The molecule has 1 N–H and O–H groups in total. The van der Waals surface area contributed by atoms with Crippen LogP contribution in [-0.4, -0.2) is 47.3 Å². The highest BCUT2D eigenvalue weighted by Crippen LogP contribution is 2.22. The third-order valence-electron chi connectivity index (χ3n) is 4.03. The molecule has 1 atom stereocenters. The SMILES string of the molecule is CCCCCCCCCC(=O)N1CC(CO)OC(C)(C)C1. The van der Waals surface area contributed by atoms with Gasteiger partial charge in [-0.25, -0.2) is 0 Å². The number of carbonyl (C=O) groups is 1. The highest BCUT2D eigenvalue weighted by Gasteiger charge is 2.34. The van der Waals surface area contributed by atoms with Crippen LogP contribution in [0, 0.1) is 0 Å². The molecule has 1 heterocycles. The Bertz CT molecular complexity index is 304. The largest absolute Gasteiger partial charge is 0.394 e. The molecule has 4 heteroatoms. The molecule has 1 unspecified atom stereocenters. The highest BCUT2D eigenvalue weighted by atomic mass is 16.5. The third kappa shape index (κ3) is 7.28. The van der Waals surface area contributed by atoms with Gasteiger partial charge in [-0.3, -0.25) is 4.79 Å². The second kappa shape index (κ2) is 9.42. The summed E-state index contributed by atoms with van der Waals surface area (Å²) in [5.74, 6) is 0.207. The van der Waals surface area contributed by atoms with E-state index in [0.717, 1.165) is 12.8 Å². The van der Waals surface area contributed by atoms with Crippen LogP contribution in [0.1, 0.15) is 72.1 Å². The molecule has 0 bridgehead atoms. The lowest BCUT2D eigenvalue weighted by molar-refractivity contribution is -0.167. The number of ether oxygens (including phenoxy) is 1. The average molecular weight is 299 g/mol. The number of hydrogen-bond acceptors (Lipinski definition) is 3. The van der Waals surface area contributed by atoms with E-state index < -0.39 is 0 Å². The minimum Gasteiger partial charge on any atom is -0.394 e. The zero-order valence-electron chi connectivity index (χ0n) is 14.1. The van der Waals surface area contributed by atoms with E-state index in [1.807, 2.05) is 18.7 Å². The first-order valence-corrected chi connectivity index (χ1v) is 8.55. The van der Waals surface area contributed by atoms with Crippen molar-refractivity contribution in [1.82, 2.24) is 4.90 Å². The van der Waals surface area contributed by atoms with Crippen LogP contribution in [0.3, 0.4) is 0 Å². The minimum absolute atomic E-state index is 0.0232. The Labute approximate surface area is 129 Å². The molecule has 0 saturated carbocycles. The van der Waals surface area contributed by atoms with Crippen molar-refractivity contribution < 1.29 is 14.6 Å². The number of amides is 1. The molecule has 1 amide bonds. The van der Waals surface area contributed by atoms with Gasteiger partial charge in [0.25, 0.3) is 0 Å². The van der Waals surface area contributed by atoms with Gasteiger partial charge in [0.1, 0.15) is 0 Å². The number of unbranched alkanes of at least 4 members (excludes halogenated alkanes) is 6. The summed E-state index contributed by atoms with van der Waals surface area (Å²) >= 11 is 0. The molecular formula is C17H33NO3. The molecule has 1 rings (SSSR count). The number of rotatable bonds is 9. The van der Waals surface area contributed by atoms with E-state index in [0.29, 0.717) is 19.5 Å². The Morgan fingerprint density at radius 3 is 2.43 bits per heavy atom. The Kier molecular flexibility index (Phi) is 8.27. The number of nitrogens with zero attached hydrogens (tertiary/aromatic N) is 1. The van der Waals surface area contributed by atoms with Gasteiger partial charge in [-0.05, 0) is 20.3 Å². The molecule has 1 aliphatic rings. The Morgan fingerprint density at radius 2 is 1.81 bits per heavy atom. The summed E-state index contributed by atoms with van der Waals surface area (Å²) in [6.45, 7) is 7.30. The molecule has 21 heavy (non-hydrogen) atoms. The summed E-state index contributed by atoms with van der Waals surface area (Å²) in [5.41, 5.74) is -0.360. The van der Waals surface area contributed by atoms with Gasteiger partial charge in [0.05, 0.1) is 18.3 Å². The van der Waals surface area contributed by atoms with E-state index in [9.17, 15) is 9.90 Å². The molecule has 1 aliphatic heterocycles. The van der Waals surface area contributed by atoms with Crippen LogP contribution in [0.25, 0.3) is 0 Å². The first kappa shape index (κ1) is 18.4. The van der Waals surface area contributed by atoms with Crippen LogP contribution in [0.4, 0.5) is 0 Å². The van der Waals surface area contributed by atoms with Crippen LogP contribution in [0.5, 0.6) is 0 Å². The van der Waals surface area contributed by atoms with Crippen molar-refractivity contribution in [2.45, 2.75) is 83.8 Å². The lowest BCUT2D eigenvalue weighted by Gasteiger charge is -2.42. The van der Waals surface area contributed by atoms with Gasteiger partial charge in [-0.1, -0.05) is 45.4 Å². The quantitative estimate of drug-likeness (QED) is 0.665. The Morgan fingerprint density at radius 1 is 1.19 bits per heavy atom. The van der Waals surface area contributed by atoms with E-state index in [1.54, 1.807) is 0 Å². The normalized spacial score (nSPS) is 21.5. The van der Waals surface area contributed by atoms with Crippen molar-refractivity contribution in [3.05, 3.63) is 0 Å². The molecule has 0 aromatic rings. The maximum Gasteiger partial charge on any atom is 0.222 e. The van der Waals surface area contributed by atoms with Gasteiger partial charge in [-0.15, -0.1) is 0 Å². The van der Waals surface area contributed by atoms with E-state index in [1.165, 1.54) is 32.1 Å². The summed E-state index contributed by atoms with van der Waals surface area (Å²) in [6, 6.07) is 0. The molecule has 0 radical (unpaired) electrons. The number of aliphatic hydroxyl groups excluding tert-OH is 1. The monoisotopic (exact) mass is 299 g/mol. The van der Waals surface area contributed by atoms with Gasteiger partial charge in [0, 0.05) is 19.5 Å². The van der Waals surface area contributed by atoms with Gasteiger partial charge < -0.3 is 14.7 Å². The van der Waals surface area contributed by atoms with Crippen LogP contribution in [0.15, 0.2) is 0 Å². The first-order valence-electron chi connectivity index (χ1n) is 8.55. The predicted octanol–water partition coefficient (Wildman–Crippen LogP) is 3.13. The van der Waals surface area contributed by atoms with Crippen molar-refractivity contribution in [3.8, 4) is 0 Å². The molecule has 124 valence electrons. The average Bonchev–Trinajstić information content (AvgIpc) is 2.44. The summed E-state index contributed by atoms with van der Waals surface area (Å²) in [6.07, 6.45) is 8.95. The Hall–Kier alpha value is -0.610. The van der Waals surface area contributed by atoms with E-state index in [-0.39, 0.29) is 24.2 Å². The van der Waals surface area contributed by atoms with Crippen LogP contribution in [-0.2, 0) is 9.53 Å². The van der Waals surface area contributed by atoms with Gasteiger partial charge >= 0.3 is 0 Å². The molecular weight excluding hydrogens is 266 g/mol. The molecule has 0 aromatic carbocycles. The summed E-state index contributed by atoms with van der Waals surface area (Å²) in [7, 11) is 0. The fourth-order valence-corrected chi connectivity index (χ4v) is 2.97. The number of aliphatic hydroxyl groups is 1. The van der Waals surface area contributed by atoms with Crippen molar-refractivity contribution in [2.75, 3.05) is 19.7 Å². The highest BCUT2D eigenvalue weighted by molar-refractivity contribution is 5.76. The smallest absolute Gasteiger partial charge is 0.222 e. The molecule has 1 saturated heterocycles. The van der Waals surface area contributed by atoms with Crippen molar-refractivity contribution >= 4 is 5.91 Å². The van der Waals surface area contributed by atoms with Gasteiger partial charge in [0.15, 0.2) is 0 Å². The van der Waals surface area contributed by atoms with E-state index >= 15 is 0 Å². The van der Waals surface area contributed by atoms with Crippen molar-refractivity contribution in [1.29, 1.82) is 0 Å². The number of morpholine rings is 1. The summed E-state index contributed by atoms with van der Waals surface area (Å²) in [5, 5.41) is 9.28. The fourth-order valence-electron chi connectivity index (χ4n) is 2.97. The van der Waals surface area contributed by atoms with E-state index in [4.69, 9.17) is 4.74 Å². The molecule has 0 spiro atoms. The fraction of sp³-hybridized carbons (Fsp3) is 0.941. The molecule has 4 nitrogen and oxygen atoms in total. The van der Waals surface area contributed by atoms with Gasteiger partial charge in [-0.2, -0.15) is 0 Å². The predicted molar refractivity (Wildman–Crippen MR) is 85.2 cm³/mol. The maximum atomic E-state index is 12.3. The molecule has 0 aromatic heterocycles.